The molecule has 8 heteroatoms. The van der Waals surface area contributed by atoms with E-state index in [1.165, 1.54) is 11.7 Å². The van der Waals surface area contributed by atoms with Crippen LogP contribution in [0.15, 0.2) is 22.7 Å². The van der Waals surface area contributed by atoms with Crippen molar-refractivity contribution in [3.8, 4) is 23.3 Å². The molecule has 27 heavy (non-hydrogen) atoms. The molecule has 0 amide bonds. The van der Waals surface area contributed by atoms with Gasteiger partial charge < -0.3 is 24.2 Å². The molecule has 2 heterocycles. The largest absolute Gasteiger partial charge is 0.494 e. The zero-order chi connectivity index (χ0) is 19.1. The quantitative estimate of drug-likeness (QED) is 0.678. The number of aromatic nitrogens is 2. The molecular formula is C19H20N2O6. The Hall–Kier alpha value is -3.16. The third kappa shape index (κ3) is 2.77. The topological polar surface area (TPSA) is 107 Å². The van der Waals surface area contributed by atoms with Crippen molar-refractivity contribution in [2.75, 3.05) is 7.11 Å². The van der Waals surface area contributed by atoms with Gasteiger partial charge in [-0.2, -0.15) is 0 Å². The number of carbonyl (C=O) groups excluding carboxylic acids is 1. The summed E-state index contributed by atoms with van der Waals surface area (Å²) in [5.41, 5.74) is 2.59. The number of hydrogen-bond acceptors (Lipinski definition) is 7. The first-order valence-corrected chi connectivity index (χ1v) is 8.80. The van der Waals surface area contributed by atoms with Gasteiger partial charge in [-0.25, -0.2) is 4.79 Å². The summed E-state index contributed by atoms with van der Waals surface area (Å²) >= 11 is 0. The normalized spacial score (nSPS) is 14.7. The minimum atomic E-state index is -0.854. The lowest BCUT2D eigenvalue weighted by Gasteiger charge is -2.10. The number of nitrogens with zero attached hydrogens (tertiary/aromatic N) is 2. The molecule has 2 N–H and O–H groups in total. The molecule has 0 aliphatic heterocycles. The number of carbonyl (C=O) groups is 1. The average Bonchev–Trinajstić information content (AvgIpc) is 3.20. The van der Waals surface area contributed by atoms with Crippen molar-refractivity contribution in [3.63, 3.8) is 0 Å². The van der Waals surface area contributed by atoms with Gasteiger partial charge in [-0.1, -0.05) is 0 Å². The van der Waals surface area contributed by atoms with Crippen molar-refractivity contribution < 1.29 is 29.0 Å². The lowest BCUT2D eigenvalue weighted by molar-refractivity contribution is -0.148. The second kappa shape index (κ2) is 6.53. The van der Waals surface area contributed by atoms with Gasteiger partial charge in [0.05, 0.1) is 18.2 Å². The van der Waals surface area contributed by atoms with Gasteiger partial charge >= 0.3 is 5.97 Å². The fourth-order valence-electron chi connectivity index (χ4n) is 3.52. The molecule has 0 bridgehead atoms. The molecule has 1 aliphatic rings. The van der Waals surface area contributed by atoms with Crippen molar-refractivity contribution in [1.82, 2.24) is 9.72 Å². The molecule has 0 saturated heterocycles. The molecule has 2 aromatic heterocycles. The first-order chi connectivity index (χ1) is 13.0. The fraction of sp³-hybridized carbons (Fsp3) is 0.368. The number of hydrogen-bond donors (Lipinski definition) is 2. The van der Waals surface area contributed by atoms with Crippen LogP contribution in [0.3, 0.4) is 0 Å². The van der Waals surface area contributed by atoms with Crippen LogP contribution < -0.4 is 4.74 Å². The Balaban J connectivity index is 1.77. The summed E-state index contributed by atoms with van der Waals surface area (Å²) in [6.07, 6.45) is 2.59. The molecule has 1 atom stereocenters. The van der Waals surface area contributed by atoms with Crippen molar-refractivity contribution in [1.29, 1.82) is 0 Å². The highest BCUT2D eigenvalue weighted by Crippen LogP contribution is 2.41. The van der Waals surface area contributed by atoms with E-state index >= 15 is 0 Å². The van der Waals surface area contributed by atoms with Crippen LogP contribution in [0.2, 0.25) is 0 Å². The number of benzene rings is 1. The first-order valence-electron chi connectivity index (χ1n) is 8.80. The molecule has 0 fully saturated rings. The van der Waals surface area contributed by atoms with E-state index in [0.29, 0.717) is 16.7 Å². The highest BCUT2D eigenvalue weighted by atomic mass is 16.6. The molecule has 0 spiro atoms. The maximum absolute atomic E-state index is 11.6. The molecule has 142 valence electrons. The molecule has 0 radical (unpaired) electrons. The van der Waals surface area contributed by atoms with Gasteiger partial charge in [0.25, 0.3) is 5.88 Å². The van der Waals surface area contributed by atoms with Gasteiger partial charge in [-0.05, 0) is 56.0 Å². The Morgan fingerprint density at radius 1 is 1.22 bits per heavy atom. The molecule has 0 saturated carbocycles. The Morgan fingerprint density at radius 3 is 2.52 bits per heavy atom. The third-order valence-electron chi connectivity index (χ3n) is 4.93. The minimum Gasteiger partial charge on any atom is -0.494 e. The van der Waals surface area contributed by atoms with E-state index < -0.39 is 12.1 Å². The molecule has 4 rings (SSSR count). The van der Waals surface area contributed by atoms with Crippen molar-refractivity contribution in [3.05, 3.63) is 29.3 Å². The van der Waals surface area contributed by atoms with Crippen LogP contribution in [0.1, 0.15) is 30.9 Å². The van der Waals surface area contributed by atoms with Crippen molar-refractivity contribution in [2.45, 2.75) is 38.7 Å². The fourth-order valence-corrected chi connectivity index (χ4v) is 3.52. The van der Waals surface area contributed by atoms with Crippen LogP contribution in [0.25, 0.3) is 16.7 Å². The number of esters is 1. The van der Waals surface area contributed by atoms with E-state index in [-0.39, 0.29) is 17.6 Å². The van der Waals surface area contributed by atoms with E-state index in [4.69, 9.17) is 9.26 Å². The number of ether oxygens (including phenoxy) is 2. The summed E-state index contributed by atoms with van der Waals surface area (Å²) in [6, 6.07) is 5.08. The second-order valence-corrected chi connectivity index (χ2v) is 6.60. The smallest absolute Gasteiger partial charge is 0.346 e. The van der Waals surface area contributed by atoms with Crippen molar-refractivity contribution >= 4 is 16.9 Å². The number of fused-ring (bicyclic) bond motifs is 2. The standard InChI is InChI=1S/C19H20N2O6/c1-10(19(24)25-2)26-16-14-9-11(7-8-15(14)27-20-16)21-17(22)12-5-3-4-6-13(12)18(21)23/h7-10,22-23H,3-6H2,1-2H3. The molecule has 1 unspecified atom stereocenters. The number of methoxy groups -OCH3 is 1. The van der Waals surface area contributed by atoms with E-state index in [1.807, 2.05) is 0 Å². The summed E-state index contributed by atoms with van der Waals surface area (Å²) in [5, 5.41) is 25.6. The summed E-state index contributed by atoms with van der Waals surface area (Å²) in [5.74, 6) is -0.303. The lowest BCUT2D eigenvalue weighted by atomic mass is 9.95. The van der Waals surface area contributed by atoms with Gasteiger partial charge in [0.2, 0.25) is 11.8 Å². The first kappa shape index (κ1) is 17.3. The van der Waals surface area contributed by atoms with Gasteiger partial charge in [0.15, 0.2) is 11.7 Å². The third-order valence-corrected chi connectivity index (χ3v) is 4.93. The van der Waals surface area contributed by atoms with E-state index in [2.05, 4.69) is 9.89 Å². The van der Waals surface area contributed by atoms with Gasteiger partial charge in [0, 0.05) is 11.1 Å². The Kier molecular flexibility index (Phi) is 4.18. The maximum atomic E-state index is 11.6. The zero-order valence-electron chi connectivity index (χ0n) is 15.1. The van der Waals surface area contributed by atoms with Crippen LogP contribution in [-0.4, -0.2) is 39.1 Å². The second-order valence-electron chi connectivity index (χ2n) is 6.60. The number of rotatable bonds is 4. The van der Waals surface area contributed by atoms with E-state index in [1.54, 1.807) is 25.1 Å². The lowest BCUT2D eigenvalue weighted by Crippen LogP contribution is -2.25. The van der Waals surface area contributed by atoms with Crippen LogP contribution in [0.5, 0.6) is 17.6 Å². The molecule has 1 aromatic carbocycles. The SMILES string of the molecule is COC(=O)C(C)Oc1noc2ccc(-n3c(O)c4c(c3O)CCCC4)cc12. The van der Waals surface area contributed by atoms with Crippen LogP contribution >= 0.6 is 0 Å². The van der Waals surface area contributed by atoms with Crippen molar-refractivity contribution in [2.24, 2.45) is 0 Å². The molecular weight excluding hydrogens is 352 g/mol. The predicted octanol–water partition coefficient (Wildman–Crippen LogP) is 2.85. The Bertz CT molecular complexity index is 990. The van der Waals surface area contributed by atoms with Crippen LogP contribution in [0, 0.1) is 0 Å². The highest BCUT2D eigenvalue weighted by molar-refractivity contribution is 5.85. The highest BCUT2D eigenvalue weighted by Gasteiger charge is 2.26. The van der Waals surface area contributed by atoms with Gasteiger partial charge in [-0.3, -0.25) is 4.57 Å². The Morgan fingerprint density at radius 2 is 1.89 bits per heavy atom. The monoisotopic (exact) mass is 372 g/mol. The summed E-state index contributed by atoms with van der Waals surface area (Å²) in [6.45, 7) is 1.55. The summed E-state index contributed by atoms with van der Waals surface area (Å²) in [4.78, 5) is 11.6. The Labute approximate surface area is 154 Å². The van der Waals surface area contributed by atoms with E-state index in [0.717, 1.165) is 36.8 Å². The van der Waals surface area contributed by atoms with E-state index in [9.17, 15) is 15.0 Å². The zero-order valence-corrected chi connectivity index (χ0v) is 15.1. The molecule has 3 aromatic rings. The maximum Gasteiger partial charge on any atom is 0.346 e. The number of aromatic hydroxyl groups is 2. The average molecular weight is 372 g/mol. The molecule has 8 nitrogen and oxygen atoms in total. The van der Waals surface area contributed by atoms with Crippen LogP contribution in [-0.2, 0) is 22.4 Å². The predicted molar refractivity (Wildman–Crippen MR) is 95.4 cm³/mol. The summed E-state index contributed by atoms with van der Waals surface area (Å²) in [7, 11) is 1.28. The van der Waals surface area contributed by atoms with Gasteiger partial charge in [-0.15, -0.1) is 0 Å². The van der Waals surface area contributed by atoms with Crippen LogP contribution in [0.4, 0.5) is 0 Å². The summed E-state index contributed by atoms with van der Waals surface area (Å²) < 4.78 is 16.8. The minimum absolute atomic E-state index is 0.0448. The molecule has 1 aliphatic carbocycles. The van der Waals surface area contributed by atoms with Gasteiger partial charge in [0.1, 0.15) is 0 Å².